The van der Waals surface area contributed by atoms with Gasteiger partial charge in [0, 0.05) is 36.8 Å². The van der Waals surface area contributed by atoms with Gasteiger partial charge in [0.2, 0.25) is 11.8 Å². The fraction of sp³-hybridized carbons (Fsp3) is 0.462. The number of carbonyl (C=O) groups is 4. The van der Waals surface area contributed by atoms with Gasteiger partial charge in [-0.15, -0.1) is 0 Å². The minimum absolute atomic E-state index is 0.0204. The number of carbonyl (C=O) groups excluding carboxylic acids is 4. The first-order chi connectivity index (χ1) is 18.3. The van der Waals surface area contributed by atoms with Crippen LogP contribution in [0.5, 0.6) is 0 Å². The first-order valence-corrected chi connectivity index (χ1v) is 12.7. The van der Waals surface area contributed by atoms with Crippen LogP contribution in [-0.2, 0) is 25.7 Å². The van der Waals surface area contributed by atoms with Crippen LogP contribution in [0, 0.1) is 12.8 Å². The molecule has 202 valence electrons. The second kappa shape index (κ2) is 12.3. The Morgan fingerprint density at radius 2 is 2.05 bits per heavy atom. The van der Waals surface area contributed by atoms with Crippen LogP contribution in [0.3, 0.4) is 0 Å². The van der Waals surface area contributed by atoms with Crippen LogP contribution in [0.15, 0.2) is 45.9 Å². The Labute approximate surface area is 218 Å². The minimum atomic E-state index is -0.624. The van der Waals surface area contributed by atoms with Gasteiger partial charge in [-0.1, -0.05) is 11.2 Å². The van der Waals surface area contributed by atoms with Crippen molar-refractivity contribution in [1.29, 1.82) is 0 Å². The maximum atomic E-state index is 12.9. The van der Waals surface area contributed by atoms with Crippen LogP contribution in [-0.4, -0.2) is 52.1 Å². The van der Waals surface area contributed by atoms with Crippen LogP contribution < -0.4 is 21.5 Å². The van der Waals surface area contributed by atoms with E-state index in [0.29, 0.717) is 25.1 Å². The third-order valence-electron chi connectivity index (χ3n) is 6.54. The van der Waals surface area contributed by atoms with Crippen LogP contribution >= 0.6 is 0 Å². The summed E-state index contributed by atoms with van der Waals surface area (Å²) in [6, 6.07) is 3.76. The van der Waals surface area contributed by atoms with Crippen molar-refractivity contribution in [2.75, 3.05) is 11.9 Å². The van der Waals surface area contributed by atoms with E-state index < -0.39 is 29.4 Å². The lowest BCUT2D eigenvalue weighted by atomic mass is 9.98. The molecule has 1 unspecified atom stereocenters. The maximum absolute atomic E-state index is 12.9. The molecule has 0 aromatic carbocycles. The average molecular weight is 526 g/mol. The SMILES string of the molecule is Cc1cc(C(=O)Nc2cccn(CC(=O)N[C@H](/C=C/C(=O)OC3CCCC3)CC3CCNC3=O)c2=O)no1. The van der Waals surface area contributed by atoms with E-state index in [1.807, 2.05) is 0 Å². The number of ether oxygens (including phenoxy) is 1. The summed E-state index contributed by atoms with van der Waals surface area (Å²) in [4.78, 5) is 62.5. The van der Waals surface area contributed by atoms with Gasteiger partial charge in [0.1, 0.15) is 24.1 Å². The fourth-order valence-electron chi connectivity index (χ4n) is 4.59. The van der Waals surface area contributed by atoms with Crippen molar-refractivity contribution in [3.05, 3.63) is 58.4 Å². The summed E-state index contributed by atoms with van der Waals surface area (Å²) in [5.41, 5.74) is -0.592. The number of nitrogens with zero attached hydrogens (tertiary/aromatic N) is 2. The molecule has 38 heavy (non-hydrogen) atoms. The molecule has 2 aliphatic rings. The number of hydrogen-bond acceptors (Lipinski definition) is 8. The zero-order valence-electron chi connectivity index (χ0n) is 21.1. The summed E-state index contributed by atoms with van der Waals surface area (Å²) < 4.78 is 11.5. The van der Waals surface area contributed by atoms with Crippen molar-refractivity contribution >= 4 is 29.4 Å². The van der Waals surface area contributed by atoms with Gasteiger partial charge in [0.05, 0.1) is 0 Å². The number of esters is 1. The third-order valence-corrected chi connectivity index (χ3v) is 6.54. The van der Waals surface area contributed by atoms with Gasteiger partial charge in [0.25, 0.3) is 11.5 Å². The molecule has 3 amide bonds. The zero-order valence-corrected chi connectivity index (χ0v) is 21.1. The summed E-state index contributed by atoms with van der Waals surface area (Å²) >= 11 is 0. The number of aryl methyl sites for hydroxylation is 1. The minimum Gasteiger partial charge on any atom is -0.459 e. The van der Waals surface area contributed by atoms with Crippen molar-refractivity contribution < 1.29 is 28.4 Å². The van der Waals surface area contributed by atoms with Crippen LogP contribution in [0.25, 0.3) is 0 Å². The van der Waals surface area contributed by atoms with Crippen molar-refractivity contribution in [2.24, 2.45) is 5.92 Å². The Bertz CT molecular complexity index is 1270. The van der Waals surface area contributed by atoms with E-state index >= 15 is 0 Å². The average Bonchev–Trinajstić information content (AvgIpc) is 3.64. The molecule has 2 aromatic rings. The van der Waals surface area contributed by atoms with Crippen LogP contribution in [0.1, 0.15) is 54.8 Å². The molecule has 0 bridgehead atoms. The van der Waals surface area contributed by atoms with Gasteiger partial charge in [-0.05, 0) is 57.6 Å². The molecule has 1 aliphatic heterocycles. The van der Waals surface area contributed by atoms with Gasteiger partial charge in [-0.2, -0.15) is 0 Å². The number of amides is 3. The first kappa shape index (κ1) is 26.8. The van der Waals surface area contributed by atoms with Crippen LogP contribution in [0.2, 0.25) is 0 Å². The molecule has 3 heterocycles. The topological polar surface area (TPSA) is 162 Å². The summed E-state index contributed by atoms with van der Waals surface area (Å²) in [5.74, 6) is -1.58. The first-order valence-electron chi connectivity index (χ1n) is 12.7. The molecular formula is C26H31N5O7. The van der Waals surface area contributed by atoms with E-state index in [4.69, 9.17) is 9.26 Å². The standard InChI is InChI=1S/C26H31N5O7/c1-16-13-21(30-38-16)25(35)29-20-7-4-12-31(26(20)36)15-22(32)28-18(14-17-10-11-27-24(17)34)8-9-23(33)37-19-5-2-3-6-19/h4,7-9,12-13,17-19H,2-3,5-6,10-11,14-15H2,1H3,(H,27,34)(H,28,32)(H,29,35)/b9-8+/t17?,18-/m1/s1. The van der Waals surface area contributed by atoms with E-state index in [1.54, 1.807) is 6.92 Å². The number of anilines is 1. The second-order valence-corrected chi connectivity index (χ2v) is 9.52. The number of aromatic nitrogens is 2. The highest BCUT2D eigenvalue weighted by molar-refractivity contribution is 6.02. The molecule has 12 heteroatoms. The third kappa shape index (κ3) is 7.17. The molecule has 12 nitrogen and oxygen atoms in total. The lowest BCUT2D eigenvalue weighted by Gasteiger charge is -2.18. The molecule has 2 fully saturated rings. The summed E-state index contributed by atoms with van der Waals surface area (Å²) in [5, 5.41) is 11.7. The van der Waals surface area contributed by atoms with E-state index in [9.17, 15) is 24.0 Å². The number of pyridine rings is 1. The molecule has 1 aliphatic carbocycles. The highest BCUT2D eigenvalue weighted by Gasteiger charge is 2.27. The quantitative estimate of drug-likeness (QED) is 0.310. The molecule has 2 atom stereocenters. The van der Waals surface area contributed by atoms with E-state index in [0.717, 1.165) is 30.3 Å². The molecule has 0 spiro atoms. The number of hydrogen-bond donors (Lipinski definition) is 3. The Hall–Kier alpha value is -4.22. The predicted octanol–water partition coefficient (Wildman–Crippen LogP) is 1.45. The van der Waals surface area contributed by atoms with Gasteiger partial charge in [-0.3, -0.25) is 19.2 Å². The second-order valence-electron chi connectivity index (χ2n) is 9.52. The maximum Gasteiger partial charge on any atom is 0.330 e. The van der Waals surface area contributed by atoms with E-state index in [1.165, 1.54) is 36.5 Å². The van der Waals surface area contributed by atoms with Gasteiger partial charge >= 0.3 is 5.97 Å². The lowest BCUT2D eigenvalue weighted by molar-refractivity contribution is -0.142. The fourth-order valence-corrected chi connectivity index (χ4v) is 4.59. The van der Waals surface area contributed by atoms with Gasteiger partial charge < -0.3 is 29.8 Å². The summed E-state index contributed by atoms with van der Waals surface area (Å²) in [7, 11) is 0. The Morgan fingerprint density at radius 1 is 1.26 bits per heavy atom. The Balaban J connectivity index is 1.40. The zero-order chi connectivity index (χ0) is 27.1. The lowest BCUT2D eigenvalue weighted by Crippen LogP contribution is -2.40. The van der Waals surface area contributed by atoms with Crippen molar-refractivity contribution in [1.82, 2.24) is 20.4 Å². The highest BCUT2D eigenvalue weighted by atomic mass is 16.5. The predicted molar refractivity (Wildman–Crippen MR) is 135 cm³/mol. The number of rotatable bonds is 10. The molecule has 2 aromatic heterocycles. The molecule has 1 saturated heterocycles. The van der Waals surface area contributed by atoms with Crippen LogP contribution in [0.4, 0.5) is 5.69 Å². The molecule has 0 radical (unpaired) electrons. The van der Waals surface area contributed by atoms with Gasteiger partial charge in [-0.25, -0.2) is 4.79 Å². The molecule has 1 saturated carbocycles. The molecular weight excluding hydrogens is 494 g/mol. The molecule has 4 rings (SSSR count). The normalized spacial score (nSPS) is 18.3. The Morgan fingerprint density at radius 3 is 2.74 bits per heavy atom. The van der Waals surface area contributed by atoms with E-state index in [-0.39, 0.29) is 35.9 Å². The smallest absolute Gasteiger partial charge is 0.330 e. The highest BCUT2D eigenvalue weighted by Crippen LogP contribution is 2.21. The number of nitrogens with one attached hydrogen (secondary N) is 3. The monoisotopic (exact) mass is 525 g/mol. The molecule has 3 N–H and O–H groups in total. The van der Waals surface area contributed by atoms with Crippen molar-refractivity contribution in [2.45, 2.75) is 64.1 Å². The largest absolute Gasteiger partial charge is 0.459 e. The summed E-state index contributed by atoms with van der Waals surface area (Å²) in [6.45, 7) is 1.86. The van der Waals surface area contributed by atoms with Crippen molar-refractivity contribution in [3.63, 3.8) is 0 Å². The summed E-state index contributed by atoms with van der Waals surface area (Å²) in [6.07, 6.45) is 8.81. The van der Waals surface area contributed by atoms with E-state index in [2.05, 4.69) is 21.1 Å². The Kier molecular flexibility index (Phi) is 8.72. The van der Waals surface area contributed by atoms with Crippen molar-refractivity contribution in [3.8, 4) is 0 Å². The van der Waals surface area contributed by atoms with Gasteiger partial charge in [0.15, 0.2) is 5.69 Å².